The molecular formula is C15H15F3N2O2. The molecule has 2 atom stereocenters. The van der Waals surface area contributed by atoms with E-state index >= 15 is 0 Å². The van der Waals surface area contributed by atoms with Crippen LogP contribution in [0.5, 0.6) is 0 Å². The summed E-state index contributed by atoms with van der Waals surface area (Å²) in [5, 5.41) is 0. The minimum Gasteiger partial charge on any atom is -0.371 e. The van der Waals surface area contributed by atoms with Crippen LogP contribution in [-0.2, 0) is 15.8 Å². The van der Waals surface area contributed by atoms with Gasteiger partial charge in [0.15, 0.2) is 5.78 Å². The van der Waals surface area contributed by atoms with Gasteiger partial charge in [-0.3, -0.25) is 9.59 Å². The molecule has 2 N–H and O–H groups in total. The summed E-state index contributed by atoms with van der Waals surface area (Å²) in [7, 11) is 0. The maximum atomic E-state index is 12.6. The molecule has 0 aromatic heterocycles. The second-order valence-corrected chi connectivity index (χ2v) is 5.91. The number of halogens is 3. The highest BCUT2D eigenvalue weighted by Gasteiger charge is 2.64. The van der Waals surface area contributed by atoms with Crippen LogP contribution in [0.4, 0.5) is 18.9 Å². The number of hydrogen-bond acceptors (Lipinski definition) is 3. The van der Waals surface area contributed by atoms with Crippen molar-refractivity contribution in [3.05, 3.63) is 29.8 Å². The van der Waals surface area contributed by atoms with Crippen molar-refractivity contribution < 1.29 is 22.8 Å². The van der Waals surface area contributed by atoms with Crippen LogP contribution >= 0.6 is 0 Å². The highest BCUT2D eigenvalue weighted by atomic mass is 19.4. The Hall–Kier alpha value is -2.05. The number of anilines is 1. The van der Waals surface area contributed by atoms with E-state index in [0.29, 0.717) is 25.2 Å². The van der Waals surface area contributed by atoms with Crippen LogP contribution < -0.4 is 10.6 Å². The summed E-state index contributed by atoms with van der Waals surface area (Å²) in [5.41, 5.74) is 4.27. The van der Waals surface area contributed by atoms with E-state index in [9.17, 15) is 22.8 Å². The third-order valence-electron chi connectivity index (χ3n) is 4.70. The maximum absolute atomic E-state index is 12.6. The number of ketones is 1. The first-order valence-electron chi connectivity index (χ1n) is 7.00. The fourth-order valence-corrected chi connectivity index (χ4v) is 3.27. The van der Waals surface area contributed by atoms with Crippen LogP contribution in [0.3, 0.4) is 0 Å². The van der Waals surface area contributed by atoms with Crippen molar-refractivity contribution in [3.8, 4) is 0 Å². The molecule has 22 heavy (non-hydrogen) atoms. The van der Waals surface area contributed by atoms with Crippen LogP contribution in [0.1, 0.15) is 18.4 Å². The number of nitrogens with two attached hydrogens (primary N) is 1. The van der Waals surface area contributed by atoms with E-state index in [-0.39, 0.29) is 18.1 Å². The van der Waals surface area contributed by atoms with Gasteiger partial charge in [-0.2, -0.15) is 13.2 Å². The van der Waals surface area contributed by atoms with Crippen molar-refractivity contribution in [1.82, 2.24) is 0 Å². The lowest BCUT2D eigenvalue weighted by atomic mass is 9.87. The molecule has 1 heterocycles. The van der Waals surface area contributed by atoms with E-state index in [0.717, 1.165) is 12.1 Å². The first-order chi connectivity index (χ1) is 10.2. The highest BCUT2D eigenvalue weighted by molar-refractivity contribution is 6.19. The first kappa shape index (κ1) is 14.9. The molecule has 1 saturated heterocycles. The minimum absolute atomic E-state index is 0.126. The van der Waals surface area contributed by atoms with Gasteiger partial charge >= 0.3 is 6.18 Å². The van der Waals surface area contributed by atoms with Crippen LogP contribution in [0.2, 0.25) is 0 Å². The molecule has 118 valence electrons. The molecule has 7 heteroatoms. The molecule has 0 spiro atoms. The lowest BCUT2D eigenvalue weighted by Crippen LogP contribution is -2.35. The Morgan fingerprint density at radius 1 is 1.27 bits per heavy atom. The van der Waals surface area contributed by atoms with Crippen molar-refractivity contribution in [2.75, 3.05) is 18.0 Å². The Morgan fingerprint density at radius 3 is 2.32 bits per heavy atom. The van der Waals surface area contributed by atoms with Gasteiger partial charge in [-0.05, 0) is 36.6 Å². The molecule has 1 aliphatic carbocycles. The van der Waals surface area contributed by atoms with E-state index in [1.165, 1.54) is 12.1 Å². The zero-order valence-electron chi connectivity index (χ0n) is 11.7. The molecule has 4 nitrogen and oxygen atoms in total. The number of hydrogen-bond donors (Lipinski definition) is 1. The topological polar surface area (TPSA) is 63.4 Å². The standard InChI is InChI=1S/C15H15F3N2O2/c16-15(17,18)9-1-3-11(4-2-9)20-6-5-10(8-20)14(13(19)22)7-12(14)21/h1-4,10H,5-8H2,(H2,19,22)/t10?,14-/m1/s1. The van der Waals surface area contributed by atoms with Gasteiger partial charge in [-0.25, -0.2) is 0 Å². The Bertz CT molecular complexity index is 627. The number of nitrogens with zero attached hydrogens (tertiary/aromatic N) is 1. The molecule has 1 amide bonds. The predicted molar refractivity (Wildman–Crippen MR) is 73.0 cm³/mol. The predicted octanol–water partition coefficient (Wildman–Crippen LogP) is 1.98. The first-order valence-corrected chi connectivity index (χ1v) is 7.00. The fraction of sp³-hybridized carbons (Fsp3) is 0.467. The summed E-state index contributed by atoms with van der Waals surface area (Å²) in [6, 6.07) is 4.90. The lowest BCUT2D eigenvalue weighted by molar-refractivity contribution is -0.137. The van der Waals surface area contributed by atoms with Crippen LogP contribution in [-0.4, -0.2) is 24.8 Å². The van der Waals surface area contributed by atoms with Gasteiger partial charge in [0.2, 0.25) is 5.91 Å². The second-order valence-electron chi connectivity index (χ2n) is 5.91. The Labute approximate surface area is 125 Å². The molecule has 0 bridgehead atoms. The van der Waals surface area contributed by atoms with Gasteiger partial charge in [0, 0.05) is 25.2 Å². The van der Waals surface area contributed by atoms with Crippen molar-refractivity contribution in [1.29, 1.82) is 0 Å². The summed E-state index contributed by atoms with van der Waals surface area (Å²) >= 11 is 0. The van der Waals surface area contributed by atoms with E-state index in [1.807, 2.05) is 4.90 Å². The van der Waals surface area contributed by atoms with Gasteiger partial charge in [0.25, 0.3) is 0 Å². The molecule has 1 aromatic rings. The zero-order valence-corrected chi connectivity index (χ0v) is 11.7. The van der Waals surface area contributed by atoms with Crippen LogP contribution in [0.15, 0.2) is 24.3 Å². The molecule has 1 unspecified atom stereocenters. The van der Waals surface area contributed by atoms with Gasteiger partial charge in [-0.15, -0.1) is 0 Å². The number of Topliss-reactive ketones (excluding diaryl/α,β-unsaturated/α-hetero) is 1. The van der Waals surface area contributed by atoms with E-state index < -0.39 is 23.1 Å². The van der Waals surface area contributed by atoms with E-state index in [2.05, 4.69) is 0 Å². The minimum atomic E-state index is -4.36. The quantitative estimate of drug-likeness (QED) is 0.868. The van der Waals surface area contributed by atoms with Gasteiger partial charge < -0.3 is 10.6 Å². The third-order valence-corrected chi connectivity index (χ3v) is 4.70. The van der Waals surface area contributed by atoms with Gasteiger partial charge in [0.1, 0.15) is 5.41 Å². The summed E-state index contributed by atoms with van der Waals surface area (Å²) in [5.74, 6) is -0.865. The summed E-state index contributed by atoms with van der Waals surface area (Å²) in [4.78, 5) is 25.0. The number of carbonyl (C=O) groups excluding carboxylic acids is 2. The van der Waals surface area contributed by atoms with Gasteiger partial charge in [0.05, 0.1) is 5.56 Å². The number of amides is 1. The molecule has 1 saturated carbocycles. The summed E-state index contributed by atoms with van der Waals surface area (Å²) in [6.45, 7) is 1.05. The number of benzene rings is 1. The maximum Gasteiger partial charge on any atom is 0.416 e. The molecule has 2 fully saturated rings. The summed E-state index contributed by atoms with van der Waals surface area (Å²) in [6.07, 6.45) is -3.54. The smallest absolute Gasteiger partial charge is 0.371 e. The second kappa shape index (κ2) is 4.72. The summed E-state index contributed by atoms with van der Waals surface area (Å²) < 4.78 is 37.7. The Kier molecular flexibility index (Phi) is 3.19. The number of rotatable bonds is 3. The van der Waals surface area contributed by atoms with E-state index in [1.54, 1.807) is 0 Å². The van der Waals surface area contributed by atoms with Crippen LogP contribution in [0.25, 0.3) is 0 Å². The average molecular weight is 312 g/mol. The lowest BCUT2D eigenvalue weighted by Gasteiger charge is -2.21. The van der Waals surface area contributed by atoms with Crippen molar-refractivity contribution >= 4 is 17.4 Å². The van der Waals surface area contributed by atoms with Crippen molar-refractivity contribution in [2.45, 2.75) is 19.0 Å². The largest absolute Gasteiger partial charge is 0.416 e. The normalized spacial score (nSPS) is 28.0. The molecule has 2 aliphatic rings. The SMILES string of the molecule is NC(=O)[C@@]1(C2CCN(c3ccc(C(F)(F)F)cc3)C2)CC1=O. The molecule has 0 radical (unpaired) electrons. The van der Waals surface area contributed by atoms with Crippen molar-refractivity contribution in [3.63, 3.8) is 0 Å². The van der Waals surface area contributed by atoms with Crippen molar-refractivity contribution in [2.24, 2.45) is 17.1 Å². The van der Waals surface area contributed by atoms with Crippen LogP contribution in [0, 0.1) is 11.3 Å². The molecule has 1 aliphatic heterocycles. The molecule has 1 aromatic carbocycles. The number of primary amides is 1. The Balaban J connectivity index is 1.73. The zero-order chi connectivity index (χ0) is 16.1. The fourth-order valence-electron chi connectivity index (χ4n) is 3.27. The molecular weight excluding hydrogens is 297 g/mol. The van der Waals surface area contributed by atoms with E-state index in [4.69, 9.17) is 5.73 Å². The van der Waals surface area contributed by atoms with Gasteiger partial charge in [-0.1, -0.05) is 0 Å². The third kappa shape index (κ3) is 2.24. The monoisotopic (exact) mass is 312 g/mol. The number of alkyl halides is 3. The molecule has 3 rings (SSSR count). The average Bonchev–Trinajstić information content (AvgIpc) is 2.93. The highest BCUT2D eigenvalue weighted by Crippen LogP contribution is 2.51. The Morgan fingerprint density at radius 2 is 1.86 bits per heavy atom. The number of carbonyl (C=O) groups is 2.